The molecule has 0 heterocycles. The van der Waals surface area contributed by atoms with E-state index in [-0.39, 0.29) is 0 Å². The van der Waals surface area contributed by atoms with Gasteiger partial charge in [-0.2, -0.15) is 53.6 Å². The van der Waals surface area contributed by atoms with Gasteiger partial charge < -0.3 is 0 Å². The Kier molecular flexibility index (Phi) is 8.90. The number of hydrogen-bond donors (Lipinski definition) is 0. The fourth-order valence-electron chi connectivity index (χ4n) is 4.25. The maximum atomic E-state index is 3.30. The summed E-state index contributed by atoms with van der Waals surface area (Å²) in [5.74, 6) is 0. The van der Waals surface area contributed by atoms with Gasteiger partial charge in [0.1, 0.15) is 0 Å². The first-order valence-electron chi connectivity index (χ1n) is 12.4. The van der Waals surface area contributed by atoms with E-state index in [2.05, 4.69) is 148 Å². The largest absolute Gasteiger partial charge is 0.179 e. The molecule has 176 valence electrons. The van der Waals surface area contributed by atoms with E-state index in [1.54, 1.807) is 0 Å². The van der Waals surface area contributed by atoms with Gasteiger partial charge in [-0.15, -0.1) is 5.56 Å². The molecule has 0 spiro atoms. The van der Waals surface area contributed by atoms with Crippen LogP contribution in [0, 0.1) is 6.07 Å². The molecule has 0 nitrogen and oxygen atoms in total. The molecular formula is C35H32Zr. The molecule has 0 saturated heterocycles. The Morgan fingerprint density at radius 2 is 1.31 bits per heavy atom. The van der Waals surface area contributed by atoms with Gasteiger partial charge in [-0.1, -0.05) is 61.6 Å². The third kappa shape index (κ3) is 6.80. The summed E-state index contributed by atoms with van der Waals surface area (Å²) in [7, 11) is 0. The standard InChI is InChI=1S/C13H9.C13H10.C9H13.Zr/c1-3-7-12-10(5-1)9-11-6-2-4-8-13(11)12;1-3-7-12(8-4-1)11-13-9-5-2-6-10-13;1-9(2,3)8-6-4-5-7-8;/h1-5,7-8H,9H2;1-10H;4-7H,1-3H3;/q-1;;-1;+2. The van der Waals surface area contributed by atoms with Crippen LogP contribution >= 0.6 is 0 Å². The average molecular weight is 544 g/mol. The number of benzene rings is 4. The molecule has 0 N–H and O–H groups in total. The second-order valence-corrected chi connectivity index (χ2v) is 11.2. The molecular weight excluding hydrogens is 512 g/mol. The minimum atomic E-state index is 0.323. The van der Waals surface area contributed by atoms with Crippen molar-refractivity contribution in [1.29, 1.82) is 0 Å². The SMILES string of the molecule is CC(C)(C)c1cc[cH-]c1.[Zr+2]=[C](c1ccccc1)c1ccccc1.[c-]1cccc2c1Cc1ccccc1-2. The van der Waals surface area contributed by atoms with E-state index < -0.39 is 0 Å². The summed E-state index contributed by atoms with van der Waals surface area (Å²) in [6, 6.07) is 47.7. The van der Waals surface area contributed by atoms with E-state index in [4.69, 9.17) is 0 Å². The van der Waals surface area contributed by atoms with E-state index in [1.165, 1.54) is 66.4 Å². The Morgan fingerprint density at radius 1 is 0.722 bits per heavy atom. The Hall–Kier alpha value is -3.02. The maximum absolute atomic E-state index is 3.30. The van der Waals surface area contributed by atoms with E-state index >= 15 is 0 Å². The summed E-state index contributed by atoms with van der Waals surface area (Å²) in [5, 5.41) is 0. The summed E-state index contributed by atoms with van der Waals surface area (Å²) >= 11 is 1.46. The van der Waals surface area contributed by atoms with Crippen molar-refractivity contribution in [1.82, 2.24) is 0 Å². The second-order valence-electron chi connectivity index (χ2n) is 9.93. The topological polar surface area (TPSA) is 0 Å². The zero-order valence-electron chi connectivity index (χ0n) is 21.3. The van der Waals surface area contributed by atoms with Gasteiger partial charge in [0, 0.05) is 0 Å². The number of fused-ring (bicyclic) bond motifs is 3. The molecule has 0 aliphatic heterocycles. The van der Waals surface area contributed by atoms with Crippen molar-refractivity contribution in [3.05, 3.63) is 161 Å². The second kappa shape index (κ2) is 12.3. The summed E-state index contributed by atoms with van der Waals surface area (Å²) < 4.78 is 1.42. The normalized spacial score (nSPS) is 11.2. The summed E-state index contributed by atoms with van der Waals surface area (Å²) in [6.45, 7) is 6.67. The van der Waals surface area contributed by atoms with E-state index in [1.807, 2.05) is 6.07 Å². The van der Waals surface area contributed by atoms with Gasteiger partial charge in [-0.05, 0) is 6.42 Å². The Labute approximate surface area is 231 Å². The molecule has 0 saturated carbocycles. The third-order valence-electron chi connectivity index (χ3n) is 6.27. The fourth-order valence-corrected chi connectivity index (χ4v) is 5.07. The van der Waals surface area contributed by atoms with E-state index in [9.17, 15) is 0 Å². The van der Waals surface area contributed by atoms with Gasteiger partial charge >= 0.3 is 99.2 Å². The van der Waals surface area contributed by atoms with Crippen molar-refractivity contribution in [2.24, 2.45) is 0 Å². The average Bonchev–Trinajstić information content (AvgIpc) is 3.59. The van der Waals surface area contributed by atoms with Crippen LogP contribution in [-0.2, 0) is 36.1 Å². The van der Waals surface area contributed by atoms with Gasteiger partial charge in [-0.25, -0.2) is 6.07 Å². The van der Waals surface area contributed by atoms with Crippen LogP contribution < -0.4 is 0 Å². The molecule has 1 aliphatic carbocycles. The van der Waals surface area contributed by atoms with Crippen LogP contribution in [0.2, 0.25) is 0 Å². The Bertz CT molecular complexity index is 1290. The van der Waals surface area contributed by atoms with Crippen molar-refractivity contribution in [3.63, 3.8) is 0 Å². The molecule has 1 heteroatoms. The molecule has 6 rings (SSSR count). The zero-order chi connectivity index (χ0) is 25.4. The molecule has 0 aromatic heterocycles. The molecule has 5 aromatic carbocycles. The van der Waals surface area contributed by atoms with Crippen LogP contribution in [0.4, 0.5) is 0 Å². The molecule has 0 fully saturated rings. The predicted octanol–water partition coefficient (Wildman–Crippen LogP) is 8.56. The Balaban J connectivity index is 0.000000130. The number of hydrogen-bond acceptors (Lipinski definition) is 0. The molecule has 36 heavy (non-hydrogen) atoms. The van der Waals surface area contributed by atoms with Crippen molar-refractivity contribution in [2.45, 2.75) is 32.6 Å². The zero-order valence-corrected chi connectivity index (χ0v) is 23.8. The van der Waals surface area contributed by atoms with Crippen molar-refractivity contribution in [2.75, 3.05) is 0 Å². The third-order valence-corrected chi connectivity index (χ3v) is 7.69. The van der Waals surface area contributed by atoms with Crippen LogP contribution in [0.5, 0.6) is 0 Å². The first-order valence-corrected chi connectivity index (χ1v) is 13.7. The smallest absolute Gasteiger partial charge is 0.0253 e. The van der Waals surface area contributed by atoms with Crippen molar-refractivity contribution < 1.29 is 24.2 Å². The summed E-state index contributed by atoms with van der Waals surface area (Å²) in [5.41, 5.74) is 9.91. The molecule has 1 aliphatic rings. The van der Waals surface area contributed by atoms with Crippen LogP contribution in [0.15, 0.2) is 127 Å². The molecule has 0 unspecified atom stereocenters. The molecule has 0 bridgehead atoms. The molecule has 0 radical (unpaired) electrons. The summed E-state index contributed by atoms with van der Waals surface area (Å²) in [4.78, 5) is 0. The van der Waals surface area contributed by atoms with Gasteiger partial charge in [0.25, 0.3) is 0 Å². The van der Waals surface area contributed by atoms with Crippen LogP contribution in [0.3, 0.4) is 0 Å². The first kappa shape index (κ1) is 26.1. The minimum absolute atomic E-state index is 0.323. The van der Waals surface area contributed by atoms with Gasteiger partial charge in [0.05, 0.1) is 0 Å². The van der Waals surface area contributed by atoms with Crippen LogP contribution in [-0.4, -0.2) is 3.21 Å². The van der Waals surface area contributed by atoms with Crippen LogP contribution in [0.25, 0.3) is 11.1 Å². The fraction of sp³-hybridized carbons (Fsp3) is 0.143. The van der Waals surface area contributed by atoms with Gasteiger partial charge in [0.15, 0.2) is 0 Å². The van der Waals surface area contributed by atoms with E-state index in [0.29, 0.717) is 5.41 Å². The summed E-state index contributed by atoms with van der Waals surface area (Å²) in [6.07, 6.45) is 1.05. The predicted molar refractivity (Wildman–Crippen MR) is 150 cm³/mol. The van der Waals surface area contributed by atoms with Crippen molar-refractivity contribution >= 4 is 3.21 Å². The van der Waals surface area contributed by atoms with Gasteiger partial charge in [0.2, 0.25) is 0 Å². The van der Waals surface area contributed by atoms with Crippen LogP contribution in [0.1, 0.15) is 48.6 Å². The maximum Gasteiger partial charge on any atom is -0.0253 e. The minimum Gasteiger partial charge on any atom is -0.179 e. The van der Waals surface area contributed by atoms with Gasteiger partial charge in [-0.3, -0.25) is 0 Å². The molecule has 5 aromatic rings. The monoisotopic (exact) mass is 542 g/mol. The first-order chi connectivity index (χ1) is 17.4. The van der Waals surface area contributed by atoms with E-state index in [0.717, 1.165) is 6.42 Å². The Morgan fingerprint density at radius 3 is 1.86 bits per heavy atom. The molecule has 0 amide bonds. The van der Waals surface area contributed by atoms with Crippen molar-refractivity contribution in [3.8, 4) is 11.1 Å². The number of rotatable bonds is 2. The quantitative estimate of drug-likeness (QED) is 0.192. The molecule has 0 atom stereocenters.